The molecule has 0 bridgehead atoms. The van der Waals surface area contributed by atoms with E-state index in [0.717, 1.165) is 30.4 Å². The number of amides is 1. The van der Waals surface area contributed by atoms with Gasteiger partial charge in [-0.05, 0) is 18.9 Å². The molecule has 0 aromatic carbocycles. The van der Waals surface area contributed by atoms with Crippen molar-refractivity contribution < 1.29 is 4.79 Å². The highest BCUT2D eigenvalue weighted by molar-refractivity contribution is 5.75. The Morgan fingerprint density at radius 1 is 1.39 bits per heavy atom. The molecule has 0 saturated heterocycles. The van der Waals surface area contributed by atoms with Crippen molar-refractivity contribution in [3.63, 3.8) is 0 Å². The van der Waals surface area contributed by atoms with Gasteiger partial charge in [0.05, 0.1) is 0 Å². The number of carbonyl (C=O) groups excluding carboxylic acids is 1. The summed E-state index contributed by atoms with van der Waals surface area (Å²) in [4.78, 5) is 23.3. The molecule has 1 aliphatic carbocycles. The molecule has 98 valence electrons. The molecule has 1 heterocycles. The predicted octanol–water partition coefficient (Wildman–Crippen LogP) is 0.274. The van der Waals surface area contributed by atoms with Crippen LogP contribution < -0.4 is 16.6 Å². The molecule has 0 atom stereocenters. The molecular formula is C12H18N4O2. The maximum Gasteiger partial charge on any atom is 0.267 e. The van der Waals surface area contributed by atoms with Crippen LogP contribution in [0.4, 0.5) is 5.82 Å². The van der Waals surface area contributed by atoms with E-state index < -0.39 is 0 Å². The SMILES string of the molecule is Nc1ccc(=O)n(CC(=O)NC2CCCCC2)n1. The molecule has 1 aromatic rings. The molecule has 0 unspecified atom stereocenters. The molecule has 18 heavy (non-hydrogen) atoms. The van der Waals surface area contributed by atoms with Crippen LogP contribution >= 0.6 is 0 Å². The molecule has 1 aliphatic rings. The van der Waals surface area contributed by atoms with Gasteiger partial charge in [-0.2, -0.15) is 5.10 Å². The molecular weight excluding hydrogens is 232 g/mol. The van der Waals surface area contributed by atoms with Crippen LogP contribution in [0.25, 0.3) is 0 Å². The Hall–Kier alpha value is -1.85. The molecule has 0 spiro atoms. The van der Waals surface area contributed by atoms with Gasteiger partial charge in [-0.3, -0.25) is 9.59 Å². The van der Waals surface area contributed by atoms with Gasteiger partial charge in [-0.1, -0.05) is 19.3 Å². The van der Waals surface area contributed by atoms with Crippen LogP contribution in [0.15, 0.2) is 16.9 Å². The Bertz CT molecular complexity index is 477. The van der Waals surface area contributed by atoms with E-state index in [4.69, 9.17) is 5.73 Å². The first-order valence-corrected chi connectivity index (χ1v) is 6.28. The van der Waals surface area contributed by atoms with E-state index in [1.807, 2.05) is 0 Å². The van der Waals surface area contributed by atoms with Gasteiger partial charge in [0, 0.05) is 12.1 Å². The number of hydrogen-bond donors (Lipinski definition) is 2. The first-order valence-electron chi connectivity index (χ1n) is 6.28. The summed E-state index contributed by atoms with van der Waals surface area (Å²) < 4.78 is 1.09. The smallest absolute Gasteiger partial charge is 0.267 e. The van der Waals surface area contributed by atoms with Crippen molar-refractivity contribution in [2.24, 2.45) is 0 Å². The van der Waals surface area contributed by atoms with E-state index in [2.05, 4.69) is 10.4 Å². The molecule has 6 nitrogen and oxygen atoms in total. The Labute approximate surface area is 105 Å². The summed E-state index contributed by atoms with van der Waals surface area (Å²) in [6.45, 7) is -0.0691. The van der Waals surface area contributed by atoms with E-state index >= 15 is 0 Å². The zero-order chi connectivity index (χ0) is 13.0. The van der Waals surface area contributed by atoms with Crippen molar-refractivity contribution in [2.45, 2.75) is 44.7 Å². The Kier molecular flexibility index (Phi) is 3.96. The van der Waals surface area contributed by atoms with Crippen molar-refractivity contribution in [3.05, 3.63) is 22.5 Å². The van der Waals surface area contributed by atoms with Gasteiger partial charge < -0.3 is 11.1 Å². The second-order valence-electron chi connectivity index (χ2n) is 4.66. The molecule has 0 radical (unpaired) electrons. The number of carbonyl (C=O) groups is 1. The van der Waals surface area contributed by atoms with Gasteiger partial charge in [-0.25, -0.2) is 4.68 Å². The van der Waals surface area contributed by atoms with E-state index in [9.17, 15) is 9.59 Å². The topological polar surface area (TPSA) is 90.0 Å². The number of rotatable bonds is 3. The fraction of sp³-hybridized carbons (Fsp3) is 0.583. The summed E-state index contributed by atoms with van der Waals surface area (Å²) in [5.41, 5.74) is 5.17. The van der Waals surface area contributed by atoms with E-state index in [-0.39, 0.29) is 29.9 Å². The molecule has 1 fully saturated rings. The Morgan fingerprint density at radius 3 is 2.83 bits per heavy atom. The van der Waals surface area contributed by atoms with E-state index in [1.165, 1.54) is 18.6 Å². The number of nitrogens with one attached hydrogen (secondary N) is 1. The van der Waals surface area contributed by atoms with Crippen molar-refractivity contribution >= 4 is 11.7 Å². The van der Waals surface area contributed by atoms with Crippen molar-refractivity contribution in [1.82, 2.24) is 15.1 Å². The number of nitrogens with zero attached hydrogens (tertiary/aromatic N) is 2. The second kappa shape index (κ2) is 5.66. The first-order chi connectivity index (χ1) is 8.65. The minimum Gasteiger partial charge on any atom is -0.382 e. The maximum absolute atomic E-state index is 11.8. The van der Waals surface area contributed by atoms with Crippen LogP contribution in [-0.2, 0) is 11.3 Å². The lowest BCUT2D eigenvalue weighted by Gasteiger charge is -2.22. The van der Waals surface area contributed by atoms with Gasteiger partial charge >= 0.3 is 0 Å². The number of nitrogens with two attached hydrogens (primary N) is 1. The van der Waals surface area contributed by atoms with Crippen LogP contribution in [-0.4, -0.2) is 21.7 Å². The number of aromatic nitrogens is 2. The third-order valence-electron chi connectivity index (χ3n) is 3.15. The molecule has 1 aromatic heterocycles. The molecule has 0 aliphatic heterocycles. The zero-order valence-electron chi connectivity index (χ0n) is 10.3. The highest BCUT2D eigenvalue weighted by Gasteiger charge is 2.16. The summed E-state index contributed by atoms with van der Waals surface area (Å²) in [5, 5.41) is 6.76. The summed E-state index contributed by atoms with van der Waals surface area (Å²) in [6.07, 6.45) is 5.58. The highest BCUT2D eigenvalue weighted by atomic mass is 16.2. The van der Waals surface area contributed by atoms with Crippen molar-refractivity contribution in [3.8, 4) is 0 Å². The van der Waals surface area contributed by atoms with E-state index in [0.29, 0.717) is 0 Å². The average Bonchev–Trinajstić information content (AvgIpc) is 2.35. The number of anilines is 1. The lowest BCUT2D eigenvalue weighted by molar-refractivity contribution is -0.122. The van der Waals surface area contributed by atoms with Crippen LogP contribution in [0.1, 0.15) is 32.1 Å². The first kappa shape index (κ1) is 12.6. The van der Waals surface area contributed by atoms with Gasteiger partial charge in [0.15, 0.2) is 0 Å². The molecule has 1 amide bonds. The van der Waals surface area contributed by atoms with Gasteiger partial charge in [0.1, 0.15) is 12.4 Å². The van der Waals surface area contributed by atoms with Crippen LogP contribution in [0.5, 0.6) is 0 Å². The van der Waals surface area contributed by atoms with Crippen LogP contribution in [0, 0.1) is 0 Å². The predicted molar refractivity (Wildman–Crippen MR) is 67.9 cm³/mol. The van der Waals surface area contributed by atoms with Gasteiger partial charge in [0.2, 0.25) is 5.91 Å². The highest BCUT2D eigenvalue weighted by Crippen LogP contribution is 2.17. The minimum atomic E-state index is -0.317. The normalized spacial score (nSPS) is 16.4. The van der Waals surface area contributed by atoms with Gasteiger partial charge in [0.25, 0.3) is 5.56 Å². The van der Waals surface area contributed by atoms with Crippen molar-refractivity contribution in [2.75, 3.05) is 5.73 Å². The zero-order valence-corrected chi connectivity index (χ0v) is 10.3. The Balaban J connectivity index is 1.94. The standard InChI is InChI=1S/C12H18N4O2/c13-10-6-7-12(18)16(15-10)8-11(17)14-9-4-2-1-3-5-9/h6-7,9H,1-5,8H2,(H2,13,15)(H,14,17). The van der Waals surface area contributed by atoms with Crippen LogP contribution in [0.2, 0.25) is 0 Å². The van der Waals surface area contributed by atoms with Gasteiger partial charge in [-0.15, -0.1) is 0 Å². The monoisotopic (exact) mass is 250 g/mol. The third-order valence-corrected chi connectivity index (χ3v) is 3.15. The lowest BCUT2D eigenvalue weighted by Crippen LogP contribution is -2.40. The summed E-state index contributed by atoms with van der Waals surface area (Å²) >= 11 is 0. The largest absolute Gasteiger partial charge is 0.382 e. The minimum absolute atomic E-state index is 0.0691. The van der Waals surface area contributed by atoms with Crippen molar-refractivity contribution in [1.29, 1.82) is 0 Å². The number of nitrogen functional groups attached to an aromatic ring is 1. The molecule has 1 saturated carbocycles. The summed E-state index contributed by atoms with van der Waals surface area (Å²) in [6, 6.07) is 2.98. The molecule has 6 heteroatoms. The number of hydrogen-bond acceptors (Lipinski definition) is 4. The van der Waals surface area contributed by atoms with Crippen LogP contribution in [0.3, 0.4) is 0 Å². The third kappa shape index (κ3) is 3.32. The fourth-order valence-corrected chi connectivity index (χ4v) is 2.23. The summed E-state index contributed by atoms with van der Waals surface area (Å²) in [7, 11) is 0. The second-order valence-corrected chi connectivity index (χ2v) is 4.66. The Morgan fingerprint density at radius 2 is 2.11 bits per heavy atom. The summed E-state index contributed by atoms with van der Waals surface area (Å²) in [5.74, 6) is 0.0576. The average molecular weight is 250 g/mol. The fourth-order valence-electron chi connectivity index (χ4n) is 2.23. The molecule has 2 rings (SSSR count). The lowest BCUT2D eigenvalue weighted by atomic mass is 9.95. The van der Waals surface area contributed by atoms with E-state index in [1.54, 1.807) is 0 Å². The maximum atomic E-state index is 11.8. The molecule has 3 N–H and O–H groups in total. The quantitative estimate of drug-likeness (QED) is 0.806.